The van der Waals surface area contributed by atoms with Crippen molar-refractivity contribution in [1.29, 1.82) is 0 Å². The molecule has 1 aliphatic rings. The zero-order valence-corrected chi connectivity index (χ0v) is 7.09. The molecule has 0 amide bonds. The molecule has 1 atom stereocenters. The molecule has 1 heterocycles. The summed E-state index contributed by atoms with van der Waals surface area (Å²) in [4.78, 5) is 0. The van der Waals surface area contributed by atoms with Crippen molar-refractivity contribution >= 4 is 5.69 Å². The third-order valence-corrected chi connectivity index (χ3v) is 2.37. The van der Waals surface area contributed by atoms with Gasteiger partial charge in [0.05, 0.1) is 0 Å². The van der Waals surface area contributed by atoms with Crippen molar-refractivity contribution in [2.45, 2.75) is 18.9 Å². The Hall–Kier alpha value is -1.02. The zero-order valence-electron chi connectivity index (χ0n) is 7.09. The predicted molar refractivity (Wildman–Crippen MR) is 51.1 cm³/mol. The van der Waals surface area contributed by atoms with Crippen LogP contribution in [-0.2, 0) is 0 Å². The third kappa shape index (κ3) is 1.30. The van der Waals surface area contributed by atoms with Crippen molar-refractivity contribution in [2.75, 3.05) is 11.9 Å². The normalized spacial score (nSPS) is 22.2. The first-order valence-corrected chi connectivity index (χ1v) is 4.46. The molecular weight excluding hydrogens is 148 g/mol. The van der Waals surface area contributed by atoms with Crippen LogP contribution < -0.4 is 11.1 Å². The highest BCUT2D eigenvalue weighted by atomic mass is 14.9. The summed E-state index contributed by atoms with van der Waals surface area (Å²) >= 11 is 0. The summed E-state index contributed by atoms with van der Waals surface area (Å²) in [6.45, 7) is 1.05. The van der Waals surface area contributed by atoms with E-state index >= 15 is 0 Å². The molecule has 0 aliphatic carbocycles. The number of hydrogen-bond acceptors (Lipinski definition) is 2. The van der Waals surface area contributed by atoms with Crippen LogP contribution in [0, 0.1) is 0 Å². The summed E-state index contributed by atoms with van der Waals surface area (Å²) < 4.78 is 0. The zero-order chi connectivity index (χ0) is 8.39. The van der Waals surface area contributed by atoms with E-state index in [4.69, 9.17) is 5.73 Å². The Labute approximate surface area is 72.8 Å². The number of hydrogen-bond donors (Lipinski definition) is 2. The molecule has 1 aliphatic heterocycles. The van der Waals surface area contributed by atoms with Gasteiger partial charge in [0, 0.05) is 18.3 Å². The van der Waals surface area contributed by atoms with Gasteiger partial charge in [0.15, 0.2) is 0 Å². The maximum Gasteiger partial charge on any atom is 0.0388 e. The Kier molecular flexibility index (Phi) is 2.00. The molecule has 0 radical (unpaired) electrons. The lowest BCUT2D eigenvalue weighted by Crippen LogP contribution is -2.08. The van der Waals surface area contributed by atoms with E-state index in [1.54, 1.807) is 0 Å². The van der Waals surface area contributed by atoms with Crippen molar-refractivity contribution in [3.8, 4) is 0 Å². The molecule has 0 fully saturated rings. The van der Waals surface area contributed by atoms with Crippen LogP contribution in [0.3, 0.4) is 0 Å². The SMILES string of the molecule is N[C@@H]1CCCNc2ccccc21. The van der Waals surface area contributed by atoms with Gasteiger partial charge in [-0.25, -0.2) is 0 Å². The predicted octanol–water partition coefficient (Wildman–Crippen LogP) is 1.89. The van der Waals surface area contributed by atoms with Crippen LogP contribution in [0.5, 0.6) is 0 Å². The van der Waals surface area contributed by atoms with Gasteiger partial charge in [-0.3, -0.25) is 0 Å². The smallest absolute Gasteiger partial charge is 0.0388 e. The highest BCUT2D eigenvalue weighted by Crippen LogP contribution is 2.26. The molecule has 1 aromatic carbocycles. The molecule has 2 heteroatoms. The molecule has 2 nitrogen and oxygen atoms in total. The molecule has 0 bridgehead atoms. The van der Waals surface area contributed by atoms with Crippen LogP contribution >= 0.6 is 0 Å². The van der Waals surface area contributed by atoms with Crippen molar-refractivity contribution in [1.82, 2.24) is 0 Å². The van der Waals surface area contributed by atoms with Gasteiger partial charge < -0.3 is 11.1 Å². The van der Waals surface area contributed by atoms with E-state index < -0.39 is 0 Å². The lowest BCUT2D eigenvalue weighted by atomic mass is 10.0. The van der Waals surface area contributed by atoms with Crippen LogP contribution in [0.25, 0.3) is 0 Å². The first kappa shape index (κ1) is 7.62. The summed E-state index contributed by atoms with van der Waals surface area (Å²) in [5.74, 6) is 0. The molecular formula is C10H14N2. The average Bonchev–Trinajstić information content (AvgIpc) is 2.29. The number of nitrogens with one attached hydrogen (secondary N) is 1. The highest BCUT2D eigenvalue weighted by molar-refractivity contribution is 5.53. The van der Waals surface area contributed by atoms with E-state index in [1.807, 2.05) is 12.1 Å². The molecule has 0 aromatic heterocycles. The maximum atomic E-state index is 6.01. The Bertz CT molecular complexity index is 270. The number of anilines is 1. The minimum absolute atomic E-state index is 0.219. The van der Waals surface area contributed by atoms with E-state index in [1.165, 1.54) is 11.3 Å². The first-order chi connectivity index (χ1) is 5.88. The molecule has 12 heavy (non-hydrogen) atoms. The van der Waals surface area contributed by atoms with E-state index in [0.29, 0.717) is 0 Å². The summed E-state index contributed by atoms with van der Waals surface area (Å²) in [6, 6.07) is 8.52. The molecule has 64 valence electrons. The lowest BCUT2D eigenvalue weighted by Gasteiger charge is -2.11. The number of fused-ring (bicyclic) bond motifs is 1. The molecule has 0 spiro atoms. The summed E-state index contributed by atoms with van der Waals surface area (Å²) in [5.41, 5.74) is 8.48. The fraction of sp³-hybridized carbons (Fsp3) is 0.400. The molecule has 2 rings (SSSR count). The minimum atomic E-state index is 0.219. The van der Waals surface area contributed by atoms with Crippen molar-refractivity contribution in [3.63, 3.8) is 0 Å². The van der Waals surface area contributed by atoms with Crippen molar-refractivity contribution < 1.29 is 0 Å². The van der Waals surface area contributed by atoms with Gasteiger partial charge in [-0.1, -0.05) is 18.2 Å². The van der Waals surface area contributed by atoms with Crippen LogP contribution in [0.15, 0.2) is 24.3 Å². The second kappa shape index (κ2) is 3.15. The van der Waals surface area contributed by atoms with E-state index in [-0.39, 0.29) is 6.04 Å². The Balaban J connectivity index is 2.39. The molecule has 0 saturated carbocycles. The lowest BCUT2D eigenvalue weighted by molar-refractivity contribution is 0.642. The van der Waals surface area contributed by atoms with Gasteiger partial charge in [0.1, 0.15) is 0 Å². The molecule has 0 saturated heterocycles. The van der Waals surface area contributed by atoms with Crippen molar-refractivity contribution in [2.24, 2.45) is 5.73 Å². The molecule has 3 N–H and O–H groups in total. The van der Waals surface area contributed by atoms with E-state index in [2.05, 4.69) is 17.4 Å². The minimum Gasteiger partial charge on any atom is -0.385 e. The Morgan fingerprint density at radius 2 is 2.17 bits per heavy atom. The number of rotatable bonds is 0. The topological polar surface area (TPSA) is 38.0 Å². The van der Waals surface area contributed by atoms with Gasteiger partial charge in [-0.2, -0.15) is 0 Å². The molecule has 1 aromatic rings. The van der Waals surface area contributed by atoms with Crippen LogP contribution in [0.4, 0.5) is 5.69 Å². The second-order valence-electron chi connectivity index (χ2n) is 3.26. The van der Waals surface area contributed by atoms with Gasteiger partial charge in [-0.15, -0.1) is 0 Å². The maximum absolute atomic E-state index is 6.01. The van der Waals surface area contributed by atoms with Gasteiger partial charge >= 0.3 is 0 Å². The quantitative estimate of drug-likeness (QED) is 0.611. The largest absolute Gasteiger partial charge is 0.385 e. The number of benzene rings is 1. The van der Waals surface area contributed by atoms with Gasteiger partial charge in [-0.05, 0) is 24.5 Å². The Morgan fingerprint density at radius 3 is 3.08 bits per heavy atom. The summed E-state index contributed by atoms with van der Waals surface area (Å²) in [5, 5.41) is 3.38. The standard InChI is InChI=1S/C10H14N2/c11-9-5-3-7-12-10-6-2-1-4-8(9)10/h1-2,4,6,9,12H,3,5,7,11H2/t9-/m1/s1. The van der Waals surface area contributed by atoms with Crippen LogP contribution in [0.1, 0.15) is 24.4 Å². The second-order valence-corrected chi connectivity index (χ2v) is 3.26. The summed E-state index contributed by atoms with van der Waals surface area (Å²) in [7, 11) is 0. The average molecular weight is 162 g/mol. The van der Waals surface area contributed by atoms with Crippen LogP contribution in [-0.4, -0.2) is 6.54 Å². The summed E-state index contributed by atoms with van der Waals surface area (Å²) in [6.07, 6.45) is 2.25. The van der Waals surface area contributed by atoms with Gasteiger partial charge in [0.25, 0.3) is 0 Å². The first-order valence-electron chi connectivity index (χ1n) is 4.46. The highest BCUT2D eigenvalue weighted by Gasteiger charge is 2.12. The third-order valence-electron chi connectivity index (χ3n) is 2.37. The van der Waals surface area contributed by atoms with E-state index in [0.717, 1.165) is 19.4 Å². The van der Waals surface area contributed by atoms with Crippen molar-refractivity contribution in [3.05, 3.63) is 29.8 Å². The number of para-hydroxylation sites is 1. The van der Waals surface area contributed by atoms with Crippen LogP contribution in [0.2, 0.25) is 0 Å². The fourth-order valence-corrected chi connectivity index (χ4v) is 1.68. The number of nitrogens with two attached hydrogens (primary N) is 1. The monoisotopic (exact) mass is 162 g/mol. The van der Waals surface area contributed by atoms with Gasteiger partial charge in [0.2, 0.25) is 0 Å². The Morgan fingerprint density at radius 1 is 1.33 bits per heavy atom. The van der Waals surface area contributed by atoms with E-state index in [9.17, 15) is 0 Å². The fourth-order valence-electron chi connectivity index (χ4n) is 1.68. The molecule has 0 unspecified atom stereocenters.